The zero-order valence-corrected chi connectivity index (χ0v) is 15.7. The van der Waals surface area contributed by atoms with E-state index in [4.69, 9.17) is 0 Å². The van der Waals surface area contributed by atoms with Crippen LogP contribution in [0.25, 0.3) is 11.0 Å². The normalized spacial score (nSPS) is 15.0. The van der Waals surface area contributed by atoms with Gasteiger partial charge in [0.2, 0.25) is 5.91 Å². The van der Waals surface area contributed by atoms with E-state index in [0.29, 0.717) is 22.9 Å². The van der Waals surface area contributed by atoms with Crippen molar-refractivity contribution in [2.75, 3.05) is 5.32 Å². The van der Waals surface area contributed by atoms with E-state index in [1.807, 2.05) is 17.7 Å². The standard InChI is InChI=1S/C20H23F2N5O/c1-13-11-17(27(25-13)15-6-2-3-7-15)24-18(28)8-10-26-16(19(21)22)12-14-5-4-9-23-20(14)26/h4-5,9,11-12,15,19H,2-3,6-8,10H2,1H3,(H,24,28). The number of aryl methyl sites for hydroxylation is 2. The number of nitrogens with one attached hydrogen (secondary N) is 1. The fourth-order valence-electron chi connectivity index (χ4n) is 3.98. The van der Waals surface area contributed by atoms with Crippen LogP contribution < -0.4 is 5.32 Å². The molecule has 0 spiro atoms. The Labute approximate surface area is 161 Å². The molecule has 3 aromatic rings. The molecule has 3 aromatic heterocycles. The van der Waals surface area contributed by atoms with Crippen LogP contribution in [-0.4, -0.2) is 25.2 Å². The third kappa shape index (κ3) is 3.63. The highest BCUT2D eigenvalue weighted by Crippen LogP contribution is 2.32. The van der Waals surface area contributed by atoms with E-state index in [-0.39, 0.29) is 24.6 Å². The van der Waals surface area contributed by atoms with E-state index < -0.39 is 6.43 Å². The van der Waals surface area contributed by atoms with Crippen LogP contribution in [0.5, 0.6) is 0 Å². The van der Waals surface area contributed by atoms with E-state index in [1.54, 1.807) is 18.3 Å². The maximum Gasteiger partial charge on any atom is 0.278 e. The Bertz CT molecular complexity index is 988. The molecule has 0 atom stereocenters. The lowest BCUT2D eigenvalue weighted by molar-refractivity contribution is -0.116. The van der Waals surface area contributed by atoms with Crippen molar-refractivity contribution in [1.29, 1.82) is 0 Å². The molecule has 0 radical (unpaired) electrons. The Morgan fingerprint density at radius 3 is 2.86 bits per heavy atom. The van der Waals surface area contributed by atoms with Gasteiger partial charge in [0.05, 0.1) is 17.4 Å². The fourth-order valence-corrected chi connectivity index (χ4v) is 3.98. The summed E-state index contributed by atoms with van der Waals surface area (Å²) < 4.78 is 30.1. The lowest BCUT2D eigenvalue weighted by Gasteiger charge is -2.15. The predicted molar refractivity (Wildman–Crippen MR) is 102 cm³/mol. The SMILES string of the molecule is Cc1cc(NC(=O)CCn2c(C(F)F)cc3cccnc32)n(C2CCCC2)n1. The number of carbonyl (C=O) groups is 1. The molecule has 28 heavy (non-hydrogen) atoms. The number of hydrogen-bond donors (Lipinski definition) is 1. The highest BCUT2D eigenvalue weighted by atomic mass is 19.3. The van der Waals surface area contributed by atoms with Gasteiger partial charge in [-0.1, -0.05) is 12.8 Å². The quantitative estimate of drug-likeness (QED) is 0.671. The van der Waals surface area contributed by atoms with Crippen LogP contribution in [0.3, 0.4) is 0 Å². The molecule has 148 valence electrons. The Balaban J connectivity index is 1.49. The minimum absolute atomic E-state index is 0.0783. The van der Waals surface area contributed by atoms with Crippen LogP contribution in [-0.2, 0) is 11.3 Å². The second-order valence-corrected chi connectivity index (χ2v) is 7.29. The number of carbonyl (C=O) groups excluding carboxylic acids is 1. The van der Waals surface area contributed by atoms with Crippen LogP contribution in [0.4, 0.5) is 14.6 Å². The van der Waals surface area contributed by atoms with Gasteiger partial charge in [-0.05, 0) is 38.0 Å². The van der Waals surface area contributed by atoms with Gasteiger partial charge < -0.3 is 9.88 Å². The van der Waals surface area contributed by atoms with Crippen LogP contribution >= 0.6 is 0 Å². The number of pyridine rings is 1. The Hall–Kier alpha value is -2.77. The van der Waals surface area contributed by atoms with Crippen molar-refractivity contribution in [3.63, 3.8) is 0 Å². The van der Waals surface area contributed by atoms with Gasteiger partial charge in [0.15, 0.2) is 0 Å². The first-order valence-electron chi connectivity index (χ1n) is 9.61. The number of nitrogens with zero attached hydrogens (tertiary/aromatic N) is 4. The predicted octanol–water partition coefficient (Wildman–Crippen LogP) is 4.62. The van der Waals surface area contributed by atoms with Crippen molar-refractivity contribution in [2.45, 2.75) is 58.0 Å². The molecule has 1 N–H and O–H groups in total. The van der Waals surface area contributed by atoms with Gasteiger partial charge in [-0.3, -0.25) is 4.79 Å². The Morgan fingerprint density at radius 2 is 2.11 bits per heavy atom. The molecule has 0 saturated heterocycles. The van der Waals surface area contributed by atoms with E-state index in [9.17, 15) is 13.6 Å². The summed E-state index contributed by atoms with van der Waals surface area (Å²) in [5.74, 6) is 0.455. The summed E-state index contributed by atoms with van der Waals surface area (Å²) in [6, 6.07) is 7.05. The second kappa shape index (κ2) is 7.69. The number of halogens is 2. The topological polar surface area (TPSA) is 64.7 Å². The molecule has 3 heterocycles. The molecule has 6 nitrogen and oxygen atoms in total. The molecule has 1 fully saturated rings. The van der Waals surface area contributed by atoms with Gasteiger partial charge in [-0.25, -0.2) is 18.4 Å². The number of alkyl halides is 2. The molecule has 0 unspecified atom stereocenters. The third-order valence-corrected chi connectivity index (χ3v) is 5.27. The van der Waals surface area contributed by atoms with Gasteiger partial charge in [0.1, 0.15) is 11.5 Å². The third-order valence-electron chi connectivity index (χ3n) is 5.27. The van der Waals surface area contributed by atoms with E-state index in [0.717, 1.165) is 18.5 Å². The van der Waals surface area contributed by atoms with Crippen molar-refractivity contribution in [3.8, 4) is 0 Å². The number of anilines is 1. The highest BCUT2D eigenvalue weighted by Gasteiger charge is 2.22. The van der Waals surface area contributed by atoms with Crippen LogP contribution in [0, 0.1) is 6.92 Å². The summed E-state index contributed by atoms with van der Waals surface area (Å²) in [5.41, 5.74) is 1.20. The van der Waals surface area contributed by atoms with Crippen molar-refractivity contribution >= 4 is 22.8 Å². The van der Waals surface area contributed by atoms with Gasteiger partial charge in [0.25, 0.3) is 6.43 Å². The second-order valence-electron chi connectivity index (χ2n) is 7.29. The smallest absolute Gasteiger partial charge is 0.278 e. The largest absolute Gasteiger partial charge is 0.324 e. The molecule has 1 aliphatic rings. The minimum Gasteiger partial charge on any atom is -0.324 e. The lowest BCUT2D eigenvalue weighted by Crippen LogP contribution is -2.19. The molecular formula is C20H23F2N5O. The number of rotatable bonds is 6. The van der Waals surface area contributed by atoms with E-state index in [1.165, 1.54) is 23.5 Å². The zero-order chi connectivity index (χ0) is 19.7. The number of aromatic nitrogens is 4. The monoisotopic (exact) mass is 387 g/mol. The van der Waals surface area contributed by atoms with Crippen LogP contribution in [0.1, 0.15) is 56.0 Å². The van der Waals surface area contributed by atoms with Gasteiger partial charge >= 0.3 is 0 Å². The van der Waals surface area contributed by atoms with Gasteiger partial charge in [-0.15, -0.1) is 0 Å². The fraction of sp³-hybridized carbons (Fsp3) is 0.450. The van der Waals surface area contributed by atoms with Crippen molar-refractivity contribution in [3.05, 3.63) is 41.9 Å². The van der Waals surface area contributed by atoms with E-state index >= 15 is 0 Å². The summed E-state index contributed by atoms with van der Waals surface area (Å²) in [5, 5.41) is 8.08. The summed E-state index contributed by atoms with van der Waals surface area (Å²) >= 11 is 0. The highest BCUT2D eigenvalue weighted by molar-refractivity contribution is 5.90. The average molecular weight is 387 g/mol. The first-order chi connectivity index (χ1) is 13.5. The molecule has 1 amide bonds. The van der Waals surface area contributed by atoms with E-state index in [2.05, 4.69) is 15.4 Å². The molecule has 4 rings (SSSR count). The molecular weight excluding hydrogens is 364 g/mol. The summed E-state index contributed by atoms with van der Waals surface area (Å²) in [4.78, 5) is 16.7. The molecule has 1 saturated carbocycles. The molecule has 0 aliphatic heterocycles. The Kier molecular flexibility index (Phi) is 5.11. The maximum absolute atomic E-state index is 13.4. The van der Waals surface area contributed by atoms with Crippen molar-refractivity contribution in [1.82, 2.24) is 19.3 Å². The van der Waals surface area contributed by atoms with Gasteiger partial charge in [0, 0.05) is 30.6 Å². The maximum atomic E-state index is 13.4. The average Bonchev–Trinajstić information content (AvgIpc) is 3.38. The Morgan fingerprint density at radius 1 is 1.32 bits per heavy atom. The lowest BCUT2D eigenvalue weighted by atomic mass is 10.2. The van der Waals surface area contributed by atoms with Crippen molar-refractivity contribution < 1.29 is 13.6 Å². The van der Waals surface area contributed by atoms with Crippen LogP contribution in [0.2, 0.25) is 0 Å². The minimum atomic E-state index is -2.62. The summed E-state index contributed by atoms with van der Waals surface area (Å²) in [7, 11) is 0. The number of hydrogen-bond acceptors (Lipinski definition) is 3. The summed E-state index contributed by atoms with van der Waals surface area (Å²) in [6.45, 7) is 2.04. The first-order valence-corrected chi connectivity index (χ1v) is 9.61. The van der Waals surface area contributed by atoms with Crippen molar-refractivity contribution in [2.24, 2.45) is 0 Å². The van der Waals surface area contributed by atoms with Crippen LogP contribution in [0.15, 0.2) is 30.5 Å². The molecule has 0 aromatic carbocycles. The zero-order valence-electron chi connectivity index (χ0n) is 15.7. The molecule has 1 aliphatic carbocycles. The molecule has 0 bridgehead atoms. The summed E-state index contributed by atoms with van der Waals surface area (Å²) in [6.07, 6.45) is 3.48. The molecule has 8 heteroatoms. The van der Waals surface area contributed by atoms with Gasteiger partial charge in [-0.2, -0.15) is 5.10 Å². The number of amides is 1. The first kappa shape index (κ1) is 18.6. The number of fused-ring (bicyclic) bond motifs is 1.